The van der Waals surface area contributed by atoms with Gasteiger partial charge in [0.25, 0.3) is 0 Å². The van der Waals surface area contributed by atoms with Gasteiger partial charge in [0.15, 0.2) is 5.82 Å². The molecule has 4 heterocycles. The first-order valence-corrected chi connectivity index (χ1v) is 18.2. The van der Waals surface area contributed by atoms with Gasteiger partial charge in [-0.05, 0) is 57.4 Å². The number of benzene rings is 2. The zero-order valence-corrected chi connectivity index (χ0v) is 31.4. The highest BCUT2D eigenvalue weighted by Crippen LogP contribution is 2.41. The van der Waals surface area contributed by atoms with Crippen molar-refractivity contribution in [3.63, 3.8) is 0 Å². The van der Waals surface area contributed by atoms with Crippen molar-refractivity contribution in [3.8, 4) is 45.7 Å². The Balaban J connectivity index is 1.16. The van der Waals surface area contributed by atoms with Gasteiger partial charge >= 0.3 is 5.97 Å². The molecule has 278 valence electrons. The number of hydrogen-bond donors (Lipinski definition) is 2. The zero-order valence-electron chi connectivity index (χ0n) is 30.7. The first-order chi connectivity index (χ1) is 25.5. The molecule has 0 spiro atoms. The van der Waals surface area contributed by atoms with Crippen molar-refractivity contribution in [2.45, 2.75) is 57.3 Å². The molecule has 3 aromatic heterocycles. The molecule has 2 fully saturated rings. The SMILES string of the molecule is COc1cc(-n2ncc3c(-c4cccc(-c5ccc(CN(C)C6CCC(C(=O)O)CC6)c(OC)n5)c4Cl)cccc32)nc(OC)c1CN1CC(C)(O)C1. The Morgan fingerprint density at radius 1 is 0.943 bits per heavy atom. The summed E-state index contributed by atoms with van der Waals surface area (Å²) < 4.78 is 19.1. The summed E-state index contributed by atoms with van der Waals surface area (Å²) in [6.45, 7) is 4.11. The summed E-state index contributed by atoms with van der Waals surface area (Å²) in [5.41, 5.74) is 5.09. The highest BCUT2D eigenvalue weighted by atomic mass is 35.5. The molecule has 0 unspecified atom stereocenters. The van der Waals surface area contributed by atoms with Crippen molar-refractivity contribution in [1.82, 2.24) is 29.5 Å². The van der Waals surface area contributed by atoms with Gasteiger partial charge in [0.1, 0.15) is 5.75 Å². The summed E-state index contributed by atoms with van der Waals surface area (Å²) >= 11 is 7.21. The maximum atomic E-state index is 11.4. The van der Waals surface area contributed by atoms with Crippen LogP contribution in [0.5, 0.6) is 17.5 Å². The molecule has 2 aromatic carbocycles. The Morgan fingerprint density at radius 3 is 2.32 bits per heavy atom. The van der Waals surface area contributed by atoms with Crippen molar-refractivity contribution in [2.75, 3.05) is 41.5 Å². The summed E-state index contributed by atoms with van der Waals surface area (Å²) in [5.74, 6) is 1.18. The molecule has 53 heavy (non-hydrogen) atoms. The van der Waals surface area contributed by atoms with Gasteiger partial charge in [-0.2, -0.15) is 10.1 Å². The maximum absolute atomic E-state index is 11.4. The van der Waals surface area contributed by atoms with E-state index in [-0.39, 0.29) is 5.92 Å². The standard InChI is InChI=1S/C40H45ClN6O6/c1-40(50)22-46(23-40)21-31-34(51-3)18-35(44-38(31)53-5)47-33-11-7-8-27(30(33)19-42-47)28-9-6-10-29(36(28)41)32-17-14-25(37(43-32)52-4)20-45(2)26-15-12-24(13-16-26)39(48)49/h6-11,14,17-19,24,26,50H,12-13,15-16,20-23H2,1-5H3,(H,48,49). The van der Waals surface area contributed by atoms with Crippen LogP contribution in [0.2, 0.25) is 5.02 Å². The lowest BCUT2D eigenvalue weighted by molar-refractivity contribution is -0.143. The third-order valence-electron chi connectivity index (χ3n) is 10.6. The number of aliphatic hydroxyl groups is 1. The minimum Gasteiger partial charge on any atom is -0.496 e. The van der Waals surface area contributed by atoms with E-state index in [9.17, 15) is 15.0 Å². The van der Waals surface area contributed by atoms with Crippen LogP contribution in [0.25, 0.3) is 39.1 Å². The predicted octanol–water partition coefficient (Wildman–Crippen LogP) is 6.47. The van der Waals surface area contributed by atoms with Gasteiger partial charge in [0.05, 0.1) is 60.8 Å². The molecular formula is C40H45ClN6O6. The zero-order chi connectivity index (χ0) is 37.4. The van der Waals surface area contributed by atoms with E-state index >= 15 is 0 Å². The Kier molecular flexibility index (Phi) is 10.3. The summed E-state index contributed by atoms with van der Waals surface area (Å²) in [6, 6.07) is 18.1. The minimum atomic E-state index is -0.696. The molecule has 2 N–H and O–H groups in total. The van der Waals surface area contributed by atoms with E-state index in [4.69, 9.17) is 40.9 Å². The Hall–Kier alpha value is -4.75. The monoisotopic (exact) mass is 740 g/mol. The normalized spacial score (nSPS) is 18.6. The number of aliphatic carboxylic acids is 1. The smallest absolute Gasteiger partial charge is 0.306 e. The number of pyridine rings is 2. The van der Waals surface area contributed by atoms with Gasteiger partial charge in [-0.1, -0.05) is 48.0 Å². The Morgan fingerprint density at radius 2 is 1.64 bits per heavy atom. The van der Waals surface area contributed by atoms with E-state index in [1.165, 1.54) is 0 Å². The highest BCUT2D eigenvalue weighted by Gasteiger charge is 2.37. The molecule has 0 radical (unpaired) electrons. The molecule has 13 heteroatoms. The van der Waals surface area contributed by atoms with E-state index in [1.54, 1.807) is 26.0 Å². The van der Waals surface area contributed by atoms with Crippen LogP contribution in [0.15, 0.2) is 60.8 Å². The molecule has 0 bridgehead atoms. The van der Waals surface area contributed by atoms with E-state index < -0.39 is 11.6 Å². The van der Waals surface area contributed by atoms with Gasteiger partial charge in [-0.3, -0.25) is 14.6 Å². The number of nitrogens with zero attached hydrogens (tertiary/aromatic N) is 6. The lowest BCUT2D eigenvalue weighted by Gasteiger charge is -2.44. The molecule has 2 aliphatic rings. The van der Waals surface area contributed by atoms with Gasteiger partial charge in [0, 0.05) is 60.4 Å². The van der Waals surface area contributed by atoms with Crippen LogP contribution < -0.4 is 14.2 Å². The van der Waals surface area contributed by atoms with E-state index in [2.05, 4.69) is 16.8 Å². The number of β-amino-alcohol motifs (C(OH)–C–C–N with tert-alkyl or cyclic N) is 1. The lowest BCUT2D eigenvalue weighted by atomic mass is 9.85. The minimum absolute atomic E-state index is 0.247. The second kappa shape index (κ2) is 14.9. The number of carboxylic acid groups (broad SMARTS) is 1. The van der Waals surface area contributed by atoms with Gasteiger partial charge in [-0.15, -0.1) is 0 Å². The number of hydrogen-bond acceptors (Lipinski definition) is 10. The van der Waals surface area contributed by atoms with Crippen LogP contribution >= 0.6 is 11.6 Å². The molecule has 1 saturated carbocycles. The number of carbonyl (C=O) groups is 1. The third kappa shape index (κ3) is 7.28. The van der Waals surface area contributed by atoms with E-state index in [0.29, 0.717) is 79.1 Å². The third-order valence-corrected chi connectivity index (χ3v) is 11.0. The van der Waals surface area contributed by atoms with Crippen LogP contribution in [-0.4, -0.2) is 98.8 Å². The van der Waals surface area contributed by atoms with E-state index in [1.807, 2.05) is 67.7 Å². The molecule has 7 rings (SSSR count). The second-order valence-electron chi connectivity index (χ2n) is 14.4. The van der Waals surface area contributed by atoms with Crippen molar-refractivity contribution >= 4 is 28.5 Å². The first-order valence-electron chi connectivity index (χ1n) is 17.8. The van der Waals surface area contributed by atoms with Crippen molar-refractivity contribution < 1.29 is 29.2 Å². The fourth-order valence-electron chi connectivity index (χ4n) is 7.86. The molecule has 0 atom stereocenters. The number of fused-ring (bicyclic) bond motifs is 1. The van der Waals surface area contributed by atoms with E-state index in [0.717, 1.165) is 51.6 Å². The van der Waals surface area contributed by atoms with Crippen molar-refractivity contribution in [1.29, 1.82) is 0 Å². The van der Waals surface area contributed by atoms with Gasteiger partial charge in [0.2, 0.25) is 11.8 Å². The fraction of sp³-hybridized carbons (Fsp3) is 0.400. The number of methoxy groups -OCH3 is 3. The molecule has 12 nitrogen and oxygen atoms in total. The Labute approximate surface area is 313 Å². The number of carboxylic acids is 1. The first kappa shape index (κ1) is 36.6. The molecule has 5 aromatic rings. The van der Waals surface area contributed by atoms with Crippen molar-refractivity contribution in [3.05, 3.63) is 76.9 Å². The van der Waals surface area contributed by atoms with Gasteiger partial charge < -0.3 is 24.4 Å². The maximum Gasteiger partial charge on any atom is 0.306 e. The largest absolute Gasteiger partial charge is 0.496 e. The summed E-state index contributed by atoms with van der Waals surface area (Å²) in [4.78, 5) is 25.5. The summed E-state index contributed by atoms with van der Waals surface area (Å²) in [5, 5.41) is 25.8. The number of rotatable bonds is 12. The number of ether oxygens (including phenoxy) is 3. The number of aromatic nitrogens is 4. The quantitative estimate of drug-likeness (QED) is 0.146. The fourth-order valence-corrected chi connectivity index (χ4v) is 8.18. The molecular weight excluding hydrogens is 696 g/mol. The molecule has 1 saturated heterocycles. The number of halogens is 1. The van der Waals surface area contributed by atoms with Crippen LogP contribution in [0, 0.1) is 5.92 Å². The summed E-state index contributed by atoms with van der Waals surface area (Å²) in [6.07, 6.45) is 4.91. The average Bonchev–Trinajstić information content (AvgIpc) is 3.59. The Bertz CT molecular complexity index is 2110. The average molecular weight is 741 g/mol. The summed E-state index contributed by atoms with van der Waals surface area (Å²) in [7, 11) is 6.90. The topological polar surface area (TPSA) is 135 Å². The predicted molar refractivity (Wildman–Crippen MR) is 203 cm³/mol. The van der Waals surface area contributed by atoms with Gasteiger partial charge in [-0.25, -0.2) is 9.67 Å². The number of likely N-dealkylation sites (tertiary alicyclic amines) is 1. The molecule has 0 amide bonds. The lowest BCUT2D eigenvalue weighted by Crippen LogP contribution is -2.59. The molecule has 1 aliphatic carbocycles. The van der Waals surface area contributed by atoms with Crippen LogP contribution in [0.4, 0.5) is 0 Å². The molecule has 1 aliphatic heterocycles. The highest BCUT2D eigenvalue weighted by molar-refractivity contribution is 6.36. The van der Waals surface area contributed by atoms with Crippen LogP contribution in [0.3, 0.4) is 0 Å². The van der Waals surface area contributed by atoms with Crippen LogP contribution in [-0.2, 0) is 17.9 Å². The van der Waals surface area contributed by atoms with Crippen LogP contribution in [0.1, 0.15) is 43.7 Å². The van der Waals surface area contributed by atoms with Crippen molar-refractivity contribution in [2.24, 2.45) is 5.92 Å². The second-order valence-corrected chi connectivity index (χ2v) is 14.8.